The van der Waals surface area contributed by atoms with Crippen molar-refractivity contribution in [3.8, 4) is 0 Å². The first-order valence-corrected chi connectivity index (χ1v) is 7.32. The van der Waals surface area contributed by atoms with Crippen molar-refractivity contribution in [2.45, 2.75) is 57.6 Å². The molecule has 1 N–H and O–H groups in total. The molecule has 1 aromatic rings. The Kier molecular flexibility index (Phi) is 5.20. The van der Waals surface area contributed by atoms with Gasteiger partial charge >= 0.3 is 0 Å². The predicted octanol–water partition coefficient (Wildman–Crippen LogP) is 3.66. The molecule has 0 aliphatic rings. The maximum atomic E-state index is 11.8. The van der Waals surface area contributed by atoms with Crippen molar-refractivity contribution in [3.05, 3.63) is 21.1 Å². The average Bonchev–Trinajstić information content (AvgIpc) is 2.50. The Balaban J connectivity index is 2.77. The fourth-order valence-electron chi connectivity index (χ4n) is 1.37. The van der Waals surface area contributed by atoms with Gasteiger partial charge in [-0.1, -0.05) is 45.7 Å². The fourth-order valence-corrected chi connectivity index (χ4v) is 2.44. The van der Waals surface area contributed by atoms with Crippen LogP contribution in [0.5, 0.6) is 0 Å². The molecule has 0 bridgehead atoms. The van der Waals surface area contributed by atoms with Crippen LogP contribution in [0.2, 0.25) is 5.02 Å². The van der Waals surface area contributed by atoms with Gasteiger partial charge in [-0.25, -0.2) is 0 Å². The third-order valence-electron chi connectivity index (χ3n) is 2.35. The number of hydrogen-bond donors (Lipinski definition) is 1. The lowest BCUT2D eigenvalue weighted by Gasteiger charge is -2.16. The van der Waals surface area contributed by atoms with E-state index >= 15 is 0 Å². The number of unbranched alkanes of at least 4 members (excludes halogenated alkanes) is 1. The molecule has 17 heavy (non-hydrogen) atoms. The van der Waals surface area contributed by atoms with Crippen molar-refractivity contribution in [1.82, 2.24) is 9.78 Å². The second kappa shape index (κ2) is 6.01. The van der Waals surface area contributed by atoms with E-state index in [4.69, 9.17) is 11.6 Å². The van der Waals surface area contributed by atoms with Gasteiger partial charge in [0.2, 0.25) is 0 Å². The van der Waals surface area contributed by atoms with Gasteiger partial charge in [0.05, 0.1) is 5.69 Å². The minimum Gasteiger partial charge on any atom is -0.297 e. The van der Waals surface area contributed by atoms with E-state index in [-0.39, 0.29) is 10.3 Å². The quantitative estimate of drug-likeness (QED) is 0.891. The van der Waals surface area contributed by atoms with E-state index in [2.05, 4.69) is 32.8 Å². The van der Waals surface area contributed by atoms with Crippen molar-refractivity contribution in [1.29, 1.82) is 0 Å². The molecule has 98 valence electrons. The van der Waals surface area contributed by atoms with E-state index in [1.165, 1.54) is 0 Å². The van der Waals surface area contributed by atoms with Crippen LogP contribution in [0.15, 0.2) is 4.79 Å². The molecule has 0 aliphatic carbocycles. The molecule has 0 aromatic carbocycles. The lowest BCUT2D eigenvalue weighted by atomic mass is 10.3. The summed E-state index contributed by atoms with van der Waals surface area (Å²) in [4.78, 5) is 11.8. The molecule has 5 heteroatoms. The van der Waals surface area contributed by atoms with Gasteiger partial charge < -0.3 is 0 Å². The third-order valence-corrected chi connectivity index (χ3v) is 4.04. The van der Waals surface area contributed by atoms with Crippen LogP contribution in [0, 0.1) is 0 Å². The van der Waals surface area contributed by atoms with E-state index in [0.29, 0.717) is 5.02 Å². The van der Waals surface area contributed by atoms with E-state index in [9.17, 15) is 4.79 Å². The highest BCUT2D eigenvalue weighted by Crippen LogP contribution is 2.28. The highest BCUT2D eigenvalue weighted by molar-refractivity contribution is 7.99. The number of H-pyrrole nitrogens is 1. The van der Waals surface area contributed by atoms with E-state index < -0.39 is 0 Å². The zero-order chi connectivity index (χ0) is 13.1. The van der Waals surface area contributed by atoms with Crippen LogP contribution < -0.4 is 5.56 Å². The lowest BCUT2D eigenvalue weighted by molar-refractivity contribution is 0.553. The Morgan fingerprint density at radius 2 is 2.06 bits per heavy atom. The van der Waals surface area contributed by atoms with Gasteiger partial charge in [-0.3, -0.25) is 14.6 Å². The molecule has 0 radical (unpaired) electrons. The second-order valence-corrected chi connectivity index (χ2v) is 7.30. The number of halogens is 1. The Hall–Kier alpha value is -0.350. The summed E-state index contributed by atoms with van der Waals surface area (Å²) < 4.78 is 1.79. The largest absolute Gasteiger partial charge is 0.297 e. The number of thioether (sulfide) groups is 1. The first-order chi connectivity index (χ1) is 7.85. The monoisotopic (exact) mass is 276 g/mol. The Bertz CT molecular complexity index is 417. The molecule has 0 atom stereocenters. The second-order valence-electron chi connectivity index (χ2n) is 5.12. The molecular formula is C12H21ClN2OS. The minimum atomic E-state index is -0.0929. The van der Waals surface area contributed by atoms with Gasteiger partial charge in [-0.2, -0.15) is 0 Å². The summed E-state index contributed by atoms with van der Waals surface area (Å²) >= 11 is 7.82. The molecule has 3 nitrogen and oxygen atoms in total. The fraction of sp³-hybridized carbons (Fsp3) is 0.750. The topological polar surface area (TPSA) is 37.8 Å². The number of rotatable bonds is 5. The van der Waals surface area contributed by atoms with Crippen molar-refractivity contribution in [3.63, 3.8) is 0 Å². The number of hydrogen-bond acceptors (Lipinski definition) is 2. The smallest absolute Gasteiger partial charge is 0.285 e. The number of aryl methyl sites for hydroxylation is 1. The molecule has 0 amide bonds. The molecule has 0 fully saturated rings. The van der Waals surface area contributed by atoms with E-state index in [1.54, 1.807) is 16.4 Å². The molecule has 1 aromatic heterocycles. The maximum Gasteiger partial charge on any atom is 0.285 e. The molecule has 1 heterocycles. The van der Waals surface area contributed by atoms with Gasteiger partial charge in [-0.15, -0.1) is 11.8 Å². The minimum absolute atomic E-state index is 0.0929. The standard InChI is InChI=1S/C12H21ClN2OS/c1-5-6-7-15-11(16)10(13)9(14-15)8-17-12(2,3)4/h14H,5-8H2,1-4H3. The SMILES string of the molecule is CCCCn1[nH]c(CSC(C)(C)C)c(Cl)c1=O. The van der Waals surface area contributed by atoms with E-state index in [0.717, 1.165) is 30.8 Å². The lowest BCUT2D eigenvalue weighted by Crippen LogP contribution is -2.16. The van der Waals surface area contributed by atoms with Gasteiger partial charge in [0.25, 0.3) is 5.56 Å². The summed E-state index contributed by atoms with van der Waals surface area (Å²) in [6.45, 7) is 9.27. The molecule has 0 saturated heterocycles. The first kappa shape index (κ1) is 14.7. The van der Waals surface area contributed by atoms with Crippen LogP contribution in [0.3, 0.4) is 0 Å². The number of nitrogens with zero attached hydrogens (tertiary/aromatic N) is 1. The van der Waals surface area contributed by atoms with Crippen LogP contribution in [-0.2, 0) is 12.3 Å². The number of nitrogens with one attached hydrogen (secondary N) is 1. The van der Waals surface area contributed by atoms with Crippen LogP contribution in [0.1, 0.15) is 46.2 Å². The van der Waals surface area contributed by atoms with Gasteiger partial charge in [0, 0.05) is 17.0 Å². The normalized spacial score (nSPS) is 12.1. The number of aromatic nitrogens is 2. The molecular weight excluding hydrogens is 256 g/mol. The van der Waals surface area contributed by atoms with E-state index in [1.807, 2.05) is 0 Å². The van der Waals surface area contributed by atoms with Crippen molar-refractivity contribution in [2.24, 2.45) is 0 Å². The zero-order valence-corrected chi connectivity index (χ0v) is 12.5. The molecule has 0 saturated carbocycles. The molecule has 0 aliphatic heterocycles. The van der Waals surface area contributed by atoms with Gasteiger partial charge in [-0.05, 0) is 6.42 Å². The Labute approximate surface area is 112 Å². The summed E-state index contributed by atoms with van der Waals surface area (Å²) in [5.41, 5.74) is 0.748. The summed E-state index contributed by atoms with van der Waals surface area (Å²) in [7, 11) is 0. The number of aromatic amines is 1. The summed E-state index contributed by atoms with van der Waals surface area (Å²) in [5.74, 6) is 0.747. The Morgan fingerprint density at radius 1 is 1.41 bits per heavy atom. The summed E-state index contributed by atoms with van der Waals surface area (Å²) in [5, 5.41) is 3.45. The van der Waals surface area contributed by atoms with Crippen molar-refractivity contribution in [2.75, 3.05) is 0 Å². The molecule has 1 rings (SSSR count). The first-order valence-electron chi connectivity index (χ1n) is 5.96. The predicted molar refractivity (Wildman–Crippen MR) is 76.0 cm³/mol. The van der Waals surface area contributed by atoms with Gasteiger partial charge in [0.15, 0.2) is 0 Å². The van der Waals surface area contributed by atoms with Crippen LogP contribution >= 0.6 is 23.4 Å². The van der Waals surface area contributed by atoms with Gasteiger partial charge in [0.1, 0.15) is 5.02 Å². The van der Waals surface area contributed by atoms with Crippen LogP contribution in [-0.4, -0.2) is 14.5 Å². The zero-order valence-electron chi connectivity index (χ0n) is 11.0. The van der Waals surface area contributed by atoms with Crippen LogP contribution in [0.25, 0.3) is 0 Å². The third kappa shape index (κ3) is 4.43. The Morgan fingerprint density at radius 3 is 2.59 bits per heavy atom. The highest BCUT2D eigenvalue weighted by atomic mass is 35.5. The maximum absolute atomic E-state index is 11.8. The summed E-state index contributed by atoms with van der Waals surface area (Å²) in [6, 6.07) is 0. The summed E-state index contributed by atoms with van der Waals surface area (Å²) in [6.07, 6.45) is 2.05. The van der Waals surface area contributed by atoms with Crippen molar-refractivity contribution < 1.29 is 0 Å². The molecule has 0 spiro atoms. The van der Waals surface area contributed by atoms with Crippen LogP contribution in [0.4, 0.5) is 0 Å². The van der Waals surface area contributed by atoms with Crippen molar-refractivity contribution >= 4 is 23.4 Å². The highest BCUT2D eigenvalue weighted by Gasteiger charge is 2.16. The molecule has 0 unspecified atom stereocenters. The average molecular weight is 277 g/mol.